The van der Waals surface area contributed by atoms with Crippen molar-refractivity contribution in [2.75, 3.05) is 13.1 Å². The summed E-state index contributed by atoms with van der Waals surface area (Å²) in [7, 11) is 0. The van der Waals surface area contributed by atoms with Crippen LogP contribution < -0.4 is 5.32 Å². The van der Waals surface area contributed by atoms with Gasteiger partial charge in [-0.2, -0.15) is 0 Å². The van der Waals surface area contributed by atoms with Crippen LogP contribution in [0.25, 0.3) is 0 Å². The first-order valence-corrected chi connectivity index (χ1v) is 6.86. The van der Waals surface area contributed by atoms with Crippen molar-refractivity contribution < 1.29 is 0 Å². The van der Waals surface area contributed by atoms with E-state index in [9.17, 15) is 0 Å². The minimum atomic E-state index is 0.759. The molecule has 2 aliphatic rings. The summed E-state index contributed by atoms with van der Waals surface area (Å²) in [6.07, 6.45) is 4.14. The number of nitrogens with zero attached hydrogens (tertiary/aromatic N) is 1. The lowest BCUT2D eigenvalue weighted by atomic mass is 10.1. The molecule has 0 bridgehead atoms. The highest BCUT2D eigenvalue weighted by atomic mass is 15.2. The maximum absolute atomic E-state index is 3.66. The number of fused-ring (bicyclic) bond motifs is 1. The zero-order valence-corrected chi connectivity index (χ0v) is 10.7. The van der Waals surface area contributed by atoms with Crippen LogP contribution >= 0.6 is 0 Å². The average Bonchev–Trinajstić information content (AvgIpc) is 2.81. The van der Waals surface area contributed by atoms with Gasteiger partial charge in [0.15, 0.2) is 0 Å². The zero-order chi connectivity index (χ0) is 11.7. The molecule has 2 nitrogen and oxygen atoms in total. The van der Waals surface area contributed by atoms with Crippen LogP contribution in [-0.2, 0) is 6.54 Å². The second-order valence-electron chi connectivity index (χ2n) is 5.51. The Morgan fingerprint density at radius 1 is 1.24 bits per heavy atom. The summed E-state index contributed by atoms with van der Waals surface area (Å²) in [4.78, 5) is 2.68. The molecule has 1 aliphatic carbocycles. The minimum absolute atomic E-state index is 0.759. The van der Waals surface area contributed by atoms with Gasteiger partial charge in [-0.1, -0.05) is 36.2 Å². The van der Waals surface area contributed by atoms with Gasteiger partial charge in [-0.3, -0.25) is 4.90 Å². The summed E-state index contributed by atoms with van der Waals surface area (Å²) in [5, 5.41) is 3.66. The second kappa shape index (κ2) is 4.79. The Hall–Kier alpha value is -0.860. The second-order valence-corrected chi connectivity index (χ2v) is 5.51. The van der Waals surface area contributed by atoms with Gasteiger partial charge in [0, 0.05) is 31.7 Å². The smallest absolute Gasteiger partial charge is 0.0253 e. The van der Waals surface area contributed by atoms with E-state index >= 15 is 0 Å². The number of aryl methyl sites for hydroxylation is 1. The van der Waals surface area contributed by atoms with E-state index in [2.05, 4.69) is 41.4 Å². The van der Waals surface area contributed by atoms with Crippen LogP contribution in [0.3, 0.4) is 0 Å². The quantitative estimate of drug-likeness (QED) is 0.839. The fraction of sp³-hybridized carbons (Fsp3) is 0.600. The first-order valence-electron chi connectivity index (χ1n) is 6.86. The van der Waals surface area contributed by atoms with Gasteiger partial charge in [-0.25, -0.2) is 0 Å². The van der Waals surface area contributed by atoms with Crippen LogP contribution in [0.4, 0.5) is 0 Å². The van der Waals surface area contributed by atoms with Gasteiger partial charge in [-0.05, 0) is 25.3 Å². The molecule has 2 heteroatoms. The van der Waals surface area contributed by atoms with Crippen LogP contribution in [0, 0.1) is 6.92 Å². The van der Waals surface area contributed by atoms with Crippen LogP contribution in [0.1, 0.15) is 30.4 Å². The van der Waals surface area contributed by atoms with E-state index in [1.165, 1.54) is 36.9 Å². The molecule has 92 valence electrons. The number of piperazine rings is 1. The summed E-state index contributed by atoms with van der Waals surface area (Å²) in [6, 6.07) is 10.6. The van der Waals surface area contributed by atoms with Crippen LogP contribution in [0.15, 0.2) is 24.3 Å². The Morgan fingerprint density at radius 3 is 2.88 bits per heavy atom. The van der Waals surface area contributed by atoms with Crippen molar-refractivity contribution in [1.29, 1.82) is 0 Å². The standard InChI is InChI=1S/C15H22N2/c1-12-5-7-13(8-6-12)11-17-10-9-16-14-3-2-4-15(14)17/h5-8,14-16H,2-4,9-11H2,1H3. The van der Waals surface area contributed by atoms with Gasteiger partial charge in [0.2, 0.25) is 0 Å². The molecular weight excluding hydrogens is 208 g/mol. The highest BCUT2D eigenvalue weighted by Gasteiger charge is 2.34. The molecule has 1 heterocycles. The summed E-state index contributed by atoms with van der Waals surface area (Å²) >= 11 is 0. The molecule has 3 rings (SSSR count). The lowest BCUT2D eigenvalue weighted by Gasteiger charge is -2.38. The molecule has 1 N–H and O–H groups in total. The summed E-state index contributed by atoms with van der Waals surface area (Å²) < 4.78 is 0. The molecule has 1 aromatic rings. The molecule has 0 aromatic heterocycles. The molecule has 2 fully saturated rings. The van der Waals surface area contributed by atoms with Crippen molar-refractivity contribution in [3.05, 3.63) is 35.4 Å². The molecule has 1 saturated carbocycles. The lowest BCUT2D eigenvalue weighted by Crippen LogP contribution is -2.54. The topological polar surface area (TPSA) is 15.3 Å². The Balaban J connectivity index is 1.69. The summed E-state index contributed by atoms with van der Waals surface area (Å²) in [5.41, 5.74) is 2.82. The van der Waals surface area contributed by atoms with E-state index in [4.69, 9.17) is 0 Å². The summed E-state index contributed by atoms with van der Waals surface area (Å²) in [6.45, 7) is 5.65. The van der Waals surface area contributed by atoms with Crippen molar-refractivity contribution in [2.45, 2.75) is 44.8 Å². The van der Waals surface area contributed by atoms with Crippen LogP contribution in [-0.4, -0.2) is 30.1 Å². The van der Waals surface area contributed by atoms with Gasteiger partial charge < -0.3 is 5.32 Å². The summed E-state index contributed by atoms with van der Waals surface area (Å²) in [5.74, 6) is 0. The molecule has 0 spiro atoms. The van der Waals surface area contributed by atoms with Gasteiger partial charge >= 0.3 is 0 Å². The highest BCUT2D eigenvalue weighted by Crippen LogP contribution is 2.27. The maximum atomic E-state index is 3.66. The zero-order valence-electron chi connectivity index (χ0n) is 10.7. The van der Waals surface area contributed by atoms with Crippen LogP contribution in [0.5, 0.6) is 0 Å². The Morgan fingerprint density at radius 2 is 2.06 bits per heavy atom. The third kappa shape index (κ3) is 2.38. The van der Waals surface area contributed by atoms with E-state index in [1.807, 2.05) is 0 Å². The predicted octanol–water partition coefficient (Wildman–Crippen LogP) is 2.32. The minimum Gasteiger partial charge on any atom is -0.311 e. The Labute approximate surface area is 104 Å². The molecule has 1 aliphatic heterocycles. The number of hydrogen-bond donors (Lipinski definition) is 1. The van der Waals surface area contributed by atoms with E-state index in [0.717, 1.165) is 25.2 Å². The van der Waals surface area contributed by atoms with E-state index in [1.54, 1.807) is 0 Å². The van der Waals surface area contributed by atoms with Gasteiger partial charge in [-0.15, -0.1) is 0 Å². The van der Waals surface area contributed by atoms with Gasteiger partial charge in [0.25, 0.3) is 0 Å². The van der Waals surface area contributed by atoms with E-state index in [-0.39, 0.29) is 0 Å². The molecule has 2 atom stereocenters. The Bertz CT molecular complexity index is 371. The van der Waals surface area contributed by atoms with Gasteiger partial charge in [0.05, 0.1) is 0 Å². The fourth-order valence-corrected chi connectivity index (χ4v) is 3.30. The van der Waals surface area contributed by atoms with Crippen molar-refractivity contribution in [1.82, 2.24) is 10.2 Å². The first-order chi connectivity index (χ1) is 8.33. The van der Waals surface area contributed by atoms with Crippen molar-refractivity contribution in [3.63, 3.8) is 0 Å². The molecule has 1 aromatic carbocycles. The molecule has 1 saturated heterocycles. The Kier molecular flexibility index (Phi) is 3.17. The third-order valence-corrected chi connectivity index (χ3v) is 4.26. The largest absolute Gasteiger partial charge is 0.311 e. The van der Waals surface area contributed by atoms with E-state index in [0.29, 0.717) is 0 Å². The van der Waals surface area contributed by atoms with Gasteiger partial charge in [0.1, 0.15) is 0 Å². The van der Waals surface area contributed by atoms with Crippen LogP contribution in [0.2, 0.25) is 0 Å². The normalized spacial score (nSPS) is 29.2. The average molecular weight is 230 g/mol. The maximum Gasteiger partial charge on any atom is 0.0253 e. The molecule has 0 amide bonds. The number of hydrogen-bond acceptors (Lipinski definition) is 2. The van der Waals surface area contributed by atoms with Crippen molar-refractivity contribution >= 4 is 0 Å². The first kappa shape index (κ1) is 11.2. The third-order valence-electron chi connectivity index (χ3n) is 4.26. The lowest BCUT2D eigenvalue weighted by molar-refractivity contribution is 0.129. The molecule has 2 unspecified atom stereocenters. The number of benzene rings is 1. The highest BCUT2D eigenvalue weighted by molar-refractivity contribution is 5.21. The molecular formula is C15H22N2. The molecule has 0 radical (unpaired) electrons. The van der Waals surface area contributed by atoms with E-state index < -0.39 is 0 Å². The number of rotatable bonds is 2. The van der Waals surface area contributed by atoms with Crippen molar-refractivity contribution in [2.24, 2.45) is 0 Å². The fourth-order valence-electron chi connectivity index (χ4n) is 3.30. The SMILES string of the molecule is Cc1ccc(CN2CCNC3CCCC32)cc1. The number of nitrogens with one attached hydrogen (secondary N) is 1. The predicted molar refractivity (Wildman–Crippen MR) is 71.0 cm³/mol. The van der Waals surface area contributed by atoms with Crippen molar-refractivity contribution in [3.8, 4) is 0 Å². The monoisotopic (exact) mass is 230 g/mol. The molecule has 17 heavy (non-hydrogen) atoms.